The van der Waals surface area contributed by atoms with E-state index in [4.69, 9.17) is 4.74 Å². The molecule has 0 aliphatic carbocycles. The summed E-state index contributed by atoms with van der Waals surface area (Å²) in [7, 11) is 0. The van der Waals surface area contributed by atoms with Crippen molar-refractivity contribution < 1.29 is 29.6 Å². The molecule has 5 rings (SSSR count). The van der Waals surface area contributed by atoms with E-state index in [1.165, 1.54) is 0 Å². The van der Waals surface area contributed by atoms with Crippen molar-refractivity contribution in [3.63, 3.8) is 0 Å². The Morgan fingerprint density at radius 3 is 1.77 bits per heavy atom. The SMILES string of the molecule is O=c1[nH]c(=O)n([C@@H]2O[C@H](CO)[C@H](O)[C@H](O)[C@]2(O)C(c2ccccc2)(c2ccccc2)c2ccccc2)cc1F. The summed E-state index contributed by atoms with van der Waals surface area (Å²) in [5.41, 5.74) is -5.46. The van der Waals surface area contributed by atoms with E-state index in [-0.39, 0.29) is 0 Å². The molecule has 10 heteroatoms. The molecule has 0 amide bonds. The lowest BCUT2D eigenvalue weighted by Crippen LogP contribution is -2.73. The number of nitrogens with one attached hydrogen (secondary N) is 1. The van der Waals surface area contributed by atoms with Crippen LogP contribution in [0.15, 0.2) is 107 Å². The van der Waals surface area contributed by atoms with Gasteiger partial charge in [0.25, 0.3) is 5.56 Å². The number of aromatic nitrogens is 2. The summed E-state index contributed by atoms with van der Waals surface area (Å²) < 4.78 is 21.1. The van der Waals surface area contributed by atoms with Gasteiger partial charge in [-0.2, -0.15) is 4.39 Å². The van der Waals surface area contributed by atoms with Crippen molar-refractivity contribution in [2.45, 2.75) is 35.6 Å². The maximum absolute atomic E-state index is 14.6. The molecular weight excluding hydrogens is 507 g/mol. The normalized spacial score (nSPS) is 25.4. The minimum atomic E-state index is -2.64. The largest absolute Gasteiger partial charge is 0.394 e. The lowest BCUT2D eigenvalue weighted by molar-refractivity contribution is -0.311. The second-order valence-corrected chi connectivity index (χ2v) is 9.46. The molecule has 9 nitrogen and oxygen atoms in total. The first kappa shape index (κ1) is 26.7. The summed E-state index contributed by atoms with van der Waals surface area (Å²) in [5.74, 6) is -1.34. The molecule has 39 heavy (non-hydrogen) atoms. The highest BCUT2D eigenvalue weighted by Gasteiger charge is 2.67. The van der Waals surface area contributed by atoms with Gasteiger partial charge in [0.2, 0.25) is 5.82 Å². The van der Waals surface area contributed by atoms with E-state index >= 15 is 0 Å². The van der Waals surface area contributed by atoms with Crippen LogP contribution in [0.25, 0.3) is 0 Å². The number of rotatable bonds is 6. The van der Waals surface area contributed by atoms with Gasteiger partial charge in [0.05, 0.1) is 18.2 Å². The summed E-state index contributed by atoms with van der Waals surface area (Å²) in [6.07, 6.45) is -6.69. The van der Waals surface area contributed by atoms with E-state index in [0.717, 1.165) is 0 Å². The molecule has 5 N–H and O–H groups in total. The van der Waals surface area contributed by atoms with Crippen LogP contribution in [0.4, 0.5) is 4.39 Å². The van der Waals surface area contributed by atoms with Gasteiger partial charge < -0.3 is 25.2 Å². The van der Waals surface area contributed by atoms with Crippen LogP contribution in [0.2, 0.25) is 0 Å². The lowest BCUT2D eigenvalue weighted by atomic mass is 9.55. The van der Waals surface area contributed by atoms with Gasteiger partial charge in [0, 0.05) is 0 Å². The Bertz CT molecular complexity index is 1450. The lowest BCUT2D eigenvalue weighted by Gasteiger charge is -2.58. The zero-order valence-corrected chi connectivity index (χ0v) is 20.6. The Hall–Kier alpha value is -3.93. The Morgan fingerprint density at radius 1 is 0.872 bits per heavy atom. The van der Waals surface area contributed by atoms with Gasteiger partial charge in [-0.3, -0.25) is 14.3 Å². The molecule has 4 aromatic rings. The molecule has 1 aliphatic rings. The van der Waals surface area contributed by atoms with Crippen LogP contribution >= 0.6 is 0 Å². The number of H-pyrrole nitrogens is 1. The third kappa shape index (κ3) is 4.05. The van der Waals surface area contributed by atoms with Gasteiger partial charge in [0.15, 0.2) is 11.8 Å². The third-order valence-electron chi connectivity index (χ3n) is 7.41. The van der Waals surface area contributed by atoms with E-state index in [1.807, 2.05) is 4.98 Å². The van der Waals surface area contributed by atoms with E-state index in [9.17, 15) is 34.4 Å². The number of hydrogen-bond acceptors (Lipinski definition) is 7. The molecule has 1 aromatic heterocycles. The van der Waals surface area contributed by atoms with Gasteiger partial charge in [0.1, 0.15) is 18.3 Å². The zero-order chi connectivity index (χ0) is 27.8. The summed E-state index contributed by atoms with van der Waals surface area (Å²) in [6, 6.07) is 25.9. The highest BCUT2D eigenvalue weighted by atomic mass is 19.1. The minimum Gasteiger partial charge on any atom is -0.394 e. The second-order valence-electron chi connectivity index (χ2n) is 9.46. The molecule has 0 unspecified atom stereocenters. The highest BCUT2D eigenvalue weighted by molar-refractivity contribution is 5.55. The molecule has 0 spiro atoms. The topological polar surface area (TPSA) is 145 Å². The van der Waals surface area contributed by atoms with Crippen molar-refractivity contribution in [1.29, 1.82) is 0 Å². The van der Waals surface area contributed by atoms with Gasteiger partial charge in [-0.1, -0.05) is 91.0 Å². The average molecular weight is 535 g/mol. The molecular formula is C29H27FN2O7. The van der Waals surface area contributed by atoms with Crippen molar-refractivity contribution in [3.05, 3.63) is 141 Å². The fourth-order valence-electron chi connectivity index (χ4n) is 5.69. The van der Waals surface area contributed by atoms with E-state index in [1.54, 1.807) is 91.0 Å². The van der Waals surface area contributed by atoms with Gasteiger partial charge >= 0.3 is 5.69 Å². The monoisotopic (exact) mass is 534 g/mol. The number of nitrogens with zero attached hydrogens (tertiary/aromatic N) is 1. The fourth-order valence-corrected chi connectivity index (χ4v) is 5.69. The van der Waals surface area contributed by atoms with Gasteiger partial charge in [-0.25, -0.2) is 4.79 Å². The molecule has 202 valence electrons. The number of aromatic amines is 1. The molecule has 5 atom stereocenters. The van der Waals surface area contributed by atoms with E-state index < -0.39 is 59.2 Å². The van der Waals surface area contributed by atoms with Crippen LogP contribution in [0.1, 0.15) is 22.9 Å². The number of ether oxygens (including phenoxy) is 1. The molecule has 1 saturated heterocycles. The number of aliphatic hydroxyl groups excluding tert-OH is 3. The van der Waals surface area contributed by atoms with Gasteiger partial charge in [-0.15, -0.1) is 0 Å². The van der Waals surface area contributed by atoms with Crippen LogP contribution < -0.4 is 11.2 Å². The molecule has 3 aromatic carbocycles. The van der Waals surface area contributed by atoms with E-state index in [2.05, 4.69) is 0 Å². The van der Waals surface area contributed by atoms with Gasteiger partial charge in [-0.05, 0) is 16.7 Å². The average Bonchev–Trinajstić information content (AvgIpc) is 2.96. The Balaban J connectivity index is 1.96. The zero-order valence-electron chi connectivity index (χ0n) is 20.6. The maximum Gasteiger partial charge on any atom is 0.330 e. The molecule has 0 bridgehead atoms. The van der Waals surface area contributed by atoms with Crippen LogP contribution in [-0.2, 0) is 10.2 Å². The number of aliphatic hydroxyl groups is 4. The molecule has 1 fully saturated rings. The smallest absolute Gasteiger partial charge is 0.330 e. The first-order chi connectivity index (χ1) is 18.8. The summed E-state index contributed by atoms with van der Waals surface area (Å²) >= 11 is 0. The maximum atomic E-state index is 14.6. The predicted octanol–water partition coefficient (Wildman–Crippen LogP) is 1.05. The standard InChI is InChI=1S/C29H27FN2O7/c30-21-16-32(27(37)31-25(21)36)26-29(38,24(35)23(34)22(17-33)39-26)28(18-10-4-1-5-11-18,19-12-6-2-7-13-19)20-14-8-3-9-15-20/h1-16,22-24,26,33-35,38H,17H2,(H,31,36,37)/t22-,23+,24+,26-,29-/m1/s1. The highest BCUT2D eigenvalue weighted by Crippen LogP contribution is 2.55. The molecule has 2 heterocycles. The first-order valence-electron chi connectivity index (χ1n) is 12.3. The van der Waals surface area contributed by atoms with Crippen molar-refractivity contribution in [1.82, 2.24) is 9.55 Å². The fraction of sp³-hybridized carbons (Fsp3) is 0.241. The minimum absolute atomic E-state index is 0.449. The summed E-state index contributed by atoms with van der Waals surface area (Å²) in [6.45, 7) is -0.791. The van der Waals surface area contributed by atoms with E-state index in [0.29, 0.717) is 27.5 Å². The van der Waals surface area contributed by atoms with Crippen molar-refractivity contribution in [2.24, 2.45) is 0 Å². The summed E-state index contributed by atoms with van der Waals surface area (Å²) in [5, 5.41) is 45.8. The molecule has 0 saturated carbocycles. The van der Waals surface area contributed by atoms with Crippen molar-refractivity contribution in [2.75, 3.05) is 6.61 Å². The Kier molecular flexibility index (Phi) is 7.06. The third-order valence-corrected chi connectivity index (χ3v) is 7.41. The predicted molar refractivity (Wildman–Crippen MR) is 138 cm³/mol. The van der Waals surface area contributed by atoms with Crippen LogP contribution in [0, 0.1) is 5.82 Å². The van der Waals surface area contributed by atoms with Crippen molar-refractivity contribution in [3.8, 4) is 0 Å². The van der Waals surface area contributed by atoms with Crippen LogP contribution in [-0.4, -0.2) is 60.5 Å². The Morgan fingerprint density at radius 2 is 1.33 bits per heavy atom. The number of halogens is 1. The number of benzene rings is 3. The van der Waals surface area contributed by atoms with Crippen LogP contribution in [0.5, 0.6) is 0 Å². The quantitative estimate of drug-likeness (QED) is 0.233. The molecule has 1 aliphatic heterocycles. The Labute approximate surface area is 222 Å². The number of hydrogen-bond donors (Lipinski definition) is 5. The molecule has 0 radical (unpaired) electrons. The second kappa shape index (κ2) is 10.3. The van der Waals surface area contributed by atoms with Crippen molar-refractivity contribution >= 4 is 0 Å². The van der Waals surface area contributed by atoms with Crippen LogP contribution in [0.3, 0.4) is 0 Å². The first-order valence-corrected chi connectivity index (χ1v) is 12.3. The summed E-state index contributed by atoms with van der Waals surface area (Å²) in [4.78, 5) is 26.8.